The highest BCUT2D eigenvalue weighted by molar-refractivity contribution is 5.76. The molecule has 1 saturated carbocycles. The van der Waals surface area contributed by atoms with Crippen molar-refractivity contribution in [2.75, 3.05) is 13.1 Å². The van der Waals surface area contributed by atoms with Gasteiger partial charge in [0.05, 0.1) is 6.42 Å². The van der Waals surface area contributed by atoms with E-state index in [0.29, 0.717) is 17.8 Å². The van der Waals surface area contributed by atoms with Gasteiger partial charge >= 0.3 is 12.0 Å². The first kappa shape index (κ1) is 14.2. The Hall–Kier alpha value is -1.26. The Balaban J connectivity index is 1.86. The number of piperidine rings is 1. The Labute approximate surface area is 114 Å². The largest absolute Gasteiger partial charge is 0.481 e. The second-order valence-electron chi connectivity index (χ2n) is 6.18. The summed E-state index contributed by atoms with van der Waals surface area (Å²) in [4.78, 5) is 24.9. The molecule has 2 N–H and O–H groups in total. The molecule has 5 nitrogen and oxygen atoms in total. The second-order valence-corrected chi connectivity index (χ2v) is 6.18. The zero-order valence-corrected chi connectivity index (χ0v) is 11.8. The Kier molecular flexibility index (Phi) is 4.32. The van der Waals surface area contributed by atoms with E-state index >= 15 is 0 Å². The molecule has 0 aromatic rings. The second kappa shape index (κ2) is 5.80. The van der Waals surface area contributed by atoms with E-state index in [4.69, 9.17) is 5.11 Å². The first-order valence-corrected chi connectivity index (χ1v) is 7.24. The van der Waals surface area contributed by atoms with E-state index in [1.807, 2.05) is 4.90 Å². The summed E-state index contributed by atoms with van der Waals surface area (Å²) in [6.45, 7) is 5.94. The minimum Gasteiger partial charge on any atom is -0.481 e. The third kappa shape index (κ3) is 3.85. The molecule has 0 bridgehead atoms. The van der Waals surface area contributed by atoms with Crippen LogP contribution in [0.2, 0.25) is 0 Å². The van der Waals surface area contributed by atoms with Crippen LogP contribution in [0.15, 0.2) is 0 Å². The number of carbonyl (C=O) groups excluding carboxylic acids is 1. The number of amides is 2. The van der Waals surface area contributed by atoms with Gasteiger partial charge in [0.15, 0.2) is 0 Å². The Morgan fingerprint density at radius 2 is 1.95 bits per heavy atom. The van der Waals surface area contributed by atoms with Crippen molar-refractivity contribution in [3.05, 3.63) is 0 Å². The molecule has 2 aliphatic rings. The van der Waals surface area contributed by atoms with Gasteiger partial charge in [-0.1, -0.05) is 13.8 Å². The van der Waals surface area contributed by atoms with Gasteiger partial charge < -0.3 is 15.3 Å². The Morgan fingerprint density at radius 1 is 1.26 bits per heavy atom. The van der Waals surface area contributed by atoms with E-state index < -0.39 is 5.97 Å². The maximum absolute atomic E-state index is 12.2. The van der Waals surface area contributed by atoms with Crippen LogP contribution >= 0.6 is 0 Å². The minimum absolute atomic E-state index is 0.0379. The van der Waals surface area contributed by atoms with Crippen LogP contribution in [0.1, 0.15) is 39.5 Å². The summed E-state index contributed by atoms with van der Waals surface area (Å²) in [6, 6.07) is -0.281. The van der Waals surface area contributed by atoms with Gasteiger partial charge in [0.2, 0.25) is 0 Å². The molecular weight excluding hydrogens is 244 g/mol. The number of hydrogen-bond donors (Lipinski definition) is 2. The molecule has 1 heterocycles. The molecule has 2 amide bonds. The summed E-state index contributed by atoms with van der Waals surface area (Å²) in [5.41, 5.74) is 0. The molecule has 0 radical (unpaired) electrons. The highest BCUT2D eigenvalue weighted by atomic mass is 16.4. The molecule has 108 valence electrons. The lowest BCUT2D eigenvalue weighted by molar-refractivity contribution is -0.137. The number of urea groups is 1. The first-order valence-electron chi connectivity index (χ1n) is 7.24. The van der Waals surface area contributed by atoms with Crippen LogP contribution in [0.4, 0.5) is 4.79 Å². The van der Waals surface area contributed by atoms with Crippen LogP contribution in [0.3, 0.4) is 0 Å². The number of carbonyl (C=O) groups is 2. The van der Waals surface area contributed by atoms with Crippen molar-refractivity contribution in [3.8, 4) is 0 Å². The molecule has 0 aromatic heterocycles. The van der Waals surface area contributed by atoms with E-state index in [0.717, 1.165) is 32.4 Å². The number of aliphatic carboxylic acids is 1. The van der Waals surface area contributed by atoms with Gasteiger partial charge in [-0.15, -0.1) is 0 Å². The molecular formula is C14H24N2O3. The van der Waals surface area contributed by atoms with Crippen molar-refractivity contribution < 1.29 is 14.7 Å². The van der Waals surface area contributed by atoms with Gasteiger partial charge in [-0.2, -0.15) is 0 Å². The van der Waals surface area contributed by atoms with Crippen molar-refractivity contribution in [2.45, 2.75) is 45.6 Å². The Bertz CT molecular complexity index is 355. The van der Waals surface area contributed by atoms with E-state index in [-0.39, 0.29) is 18.5 Å². The lowest BCUT2D eigenvalue weighted by Crippen LogP contribution is -2.50. The van der Waals surface area contributed by atoms with Gasteiger partial charge in [0, 0.05) is 19.1 Å². The summed E-state index contributed by atoms with van der Waals surface area (Å²) in [6.07, 6.45) is 3.13. The molecule has 2 rings (SSSR count). The smallest absolute Gasteiger partial charge is 0.317 e. The number of likely N-dealkylation sites (tertiary alicyclic amines) is 1. The van der Waals surface area contributed by atoms with Gasteiger partial charge in [-0.3, -0.25) is 4.79 Å². The van der Waals surface area contributed by atoms with Crippen LogP contribution in [0, 0.1) is 17.8 Å². The summed E-state index contributed by atoms with van der Waals surface area (Å²) < 4.78 is 0. The maximum atomic E-state index is 12.2. The third-order valence-corrected chi connectivity index (χ3v) is 4.52. The molecule has 19 heavy (non-hydrogen) atoms. The Morgan fingerprint density at radius 3 is 2.47 bits per heavy atom. The topological polar surface area (TPSA) is 69.6 Å². The fourth-order valence-electron chi connectivity index (χ4n) is 2.72. The van der Waals surface area contributed by atoms with Crippen LogP contribution in [-0.2, 0) is 4.79 Å². The first-order chi connectivity index (χ1) is 8.97. The summed E-state index contributed by atoms with van der Waals surface area (Å²) in [5, 5.41) is 11.8. The quantitative estimate of drug-likeness (QED) is 0.818. The fourth-order valence-corrected chi connectivity index (χ4v) is 2.72. The normalized spacial score (nSPS) is 28.8. The average Bonchev–Trinajstić information content (AvgIpc) is 3.15. The molecule has 2 fully saturated rings. The van der Waals surface area contributed by atoms with Gasteiger partial charge in [-0.05, 0) is 37.0 Å². The standard InChI is InChI=1S/C14H24N2O3/c1-9-5-6-16(8-10(9)2)14(19)15-12(7-13(17)18)11-3-4-11/h9-12H,3-8H2,1-2H3,(H,15,19)(H,17,18). The molecule has 0 aromatic carbocycles. The number of carboxylic acid groups (broad SMARTS) is 1. The maximum Gasteiger partial charge on any atom is 0.317 e. The molecule has 1 saturated heterocycles. The molecule has 1 aliphatic carbocycles. The lowest BCUT2D eigenvalue weighted by Gasteiger charge is -2.36. The molecule has 5 heteroatoms. The summed E-state index contributed by atoms with van der Waals surface area (Å²) >= 11 is 0. The molecule has 3 atom stereocenters. The number of nitrogens with one attached hydrogen (secondary N) is 1. The van der Waals surface area contributed by atoms with Gasteiger partial charge in [0.1, 0.15) is 0 Å². The van der Waals surface area contributed by atoms with Gasteiger partial charge in [-0.25, -0.2) is 4.79 Å². The predicted molar refractivity (Wildman–Crippen MR) is 71.8 cm³/mol. The van der Waals surface area contributed by atoms with Crippen molar-refractivity contribution in [1.29, 1.82) is 0 Å². The number of rotatable bonds is 4. The summed E-state index contributed by atoms with van der Waals surface area (Å²) in [5.74, 6) is 0.694. The van der Waals surface area contributed by atoms with Crippen molar-refractivity contribution >= 4 is 12.0 Å². The van der Waals surface area contributed by atoms with Crippen LogP contribution in [0.25, 0.3) is 0 Å². The summed E-state index contributed by atoms with van der Waals surface area (Å²) in [7, 11) is 0. The molecule has 1 aliphatic heterocycles. The predicted octanol–water partition coefficient (Wildman–Crippen LogP) is 1.93. The third-order valence-electron chi connectivity index (χ3n) is 4.52. The molecule has 3 unspecified atom stereocenters. The fraction of sp³-hybridized carbons (Fsp3) is 0.857. The molecule has 0 spiro atoms. The van der Waals surface area contributed by atoms with Crippen LogP contribution in [-0.4, -0.2) is 41.1 Å². The SMILES string of the molecule is CC1CCN(C(=O)NC(CC(=O)O)C2CC2)CC1C. The van der Waals surface area contributed by atoms with E-state index in [2.05, 4.69) is 19.2 Å². The van der Waals surface area contributed by atoms with Gasteiger partial charge in [0.25, 0.3) is 0 Å². The lowest BCUT2D eigenvalue weighted by atomic mass is 9.89. The number of nitrogens with zero attached hydrogens (tertiary/aromatic N) is 1. The number of carboxylic acids is 1. The van der Waals surface area contributed by atoms with Crippen LogP contribution < -0.4 is 5.32 Å². The highest BCUT2D eigenvalue weighted by Gasteiger charge is 2.35. The van der Waals surface area contributed by atoms with E-state index in [1.54, 1.807) is 0 Å². The van der Waals surface area contributed by atoms with Crippen molar-refractivity contribution in [1.82, 2.24) is 10.2 Å². The van der Waals surface area contributed by atoms with Crippen molar-refractivity contribution in [3.63, 3.8) is 0 Å². The number of hydrogen-bond acceptors (Lipinski definition) is 2. The van der Waals surface area contributed by atoms with E-state index in [1.165, 1.54) is 0 Å². The monoisotopic (exact) mass is 268 g/mol. The van der Waals surface area contributed by atoms with Crippen molar-refractivity contribution in [2.24, 2.45) is 17.8 Å². The minimum atomic E-state index is -0.835. The zero-order valence-electron chi connectivity index (χ0n) is 11.8. The van der Waals surface area contributed by atoms with Crippen LogP contribution in [0.5, 0.6) is 0 Å². The average molecular weight is 268 g/mol. The van der Waals surface area contributed by atoms with E-state index in [9.17, 15) is 9.59 Å². The highest BCUT2D eigenvalue weighted by Crippen LogP contribution is 2.34. The zero-order chi connectivity index (χ0) is 14.0.